The number of aliphatic hydroxyl groups is 1. The van der Waals surface area contributed by atoms with Gasteiger partial charge in [0.1, 0.15) is 0 Å². The highest BCUT2D eigenvalue weighted by Gasteiger charge is 2.29. The molecule has 1 aromatic heterocycles. The molecule has 0 aliphatic carbocycles. The summed E-state index contributed by atoms with van der Waals surface area (Å²) in [5.74, 6) is 0. The highest BCUT2D eigenvalue weighted by molar-refractivity contribution is 7.09. The van der Waals surface area contributed by atoms with E-state index >= 15 is 0 Å². The minimum absolute atomic E-state index is 0.448. The number of hydrogen-bond donors (Lipinski definition) is 1. The Hall–Kier alpha value is -1.40. The molecule has 1 atom stereocenters. The van der Waals surface area contributed by atoms with Crippen LogP contribution in [-0.2, 0) is 19.0 Å². The van der Waals surface area contributed by atoms with Gasteiger partial charge in [-0.2, -0.15) is 13.2 Å². The summed E-state index contributed by atoms with van der Waals surface area (Å²) < 4.78 is 37.3. The number of halogens is 3. The van der Waals surface area contributed by atoms with Gasteiger partial charge in [0, 0.05) is 18.2 Å². The summed E-state index contributed by atoms with van der Waals surface area (Å²) in [6, 6.07) is 5.11. The number of nitrogens with zero attached hydrogens (tertiary/aromatic N) is 1. The maximum Gasteiger partial charge on any atom is 0.416 e. The Morgan fingerprint density at radius 1 is 1.25 bits per heavy atom. The standard InChI is InChI=1S/C14H14F3NOS/c1-9(19)6-12-8-20-13(18-12)7-10-2-4-11(5-3-10)14(15,16)17/h2-5,8-9,19H,6-7H2,1H3. The minimum Gasteiger partial charge on any atom is -0.393 e. The summed E-state index contributed by atoms with van der Waals surface area (Å²) in [5, 5.41) is 12.0. The van der Waals surface area contributed by atoms with Crippen molar-refractivity contribution in [2.24, 2.45) is 0 Å². The zero-order chi connectivity index (χ0) is 14.8. The maximum absolute atomic E-state index is 12.4. The molecule has 1 N–H and O–H groups in total. The molecule has 0 fully saturated rings. The van der Waals surface area contributed by atoms with Crippen LogP contribution in [0.4, 0.5) is 13.2 Å². The Balaban J connectivity index is 2.05. The zero-order valence-corrected chi connectivity index (χ0v) is 11.6. The summed E-state index contributed by atoms with van der Waals surface area (Å²) in [7, 11) is 0. The lowest BCUT2D eigenvalue weighted by Crippen LogP contribution is -2.05. The van der Waals surface area contributed by atoms with Crippen molar-refractivity contribution in [2.45, 2.75) is 32.0 Å². The molecule has 2 nitrogen and oxygen atoms in total. The average Bonchev–Trinajstić information content (AvgIpc) is 2.75. The lowest BCUT2D eigenvalue weighted by atomic mass is 10.1. The van der Waals surface area contributed by atoms with E-state index in [1.54, 1.807) is 6.92 Å². The number of aromatic nitrogens is 1. The second-order valence-electron chi connectivity index (χ2n) is 4.66. The number of aliphatic hydroxyl groups excluding tert-OH is 1. The van der Waals surface area contributed by atoms with Crippen molar-refractivity contribution >= 4 is 11.3 Å². The molecule has 20 heavy (non-hydrogen) atoms. The molecular formula is C14H14F3NOS. The molecule has 2 rings (SSSR count). The van der Waals surface area contributed by atoms with Crippen LogP contribution in [0.1, 0.15) is 28.8 Å². The van der Waals surface area contributed by atoms with Crippen LogP contribution in [0.25, 0.3) is 0 Å². The lowest BCUT2D eigenvalue weighted by molar-refractivity contribution is -0.137. The van der Waals surface area contributed by atoms with Gasteiger partial charge in [-0.1, -0.05) is 12.1 Å². The molecule has 0 radical (unpaired) electrons. The van der Waals surface area contributed by atoms with Crippen LogP contribution >= 0.6 is 11.3 Å². The van der Waals surface area contributed by atoms with E-state index in [0.717, 1.165) is 28.4 Å². The van der Waals surface area contributed by atoms with Crippen molar-refractivity contribution in [2.75, 3.05) is 0 Å². The predicted molar refractivity (Wildman–Crippen MR) is 71.7 cm³/mol. The number of benzene rings is 1. The summed E-state index contributed by atoms with van der Waals surface area (Å²) in [4.78, 5) is 4.35. The molecule has 108 valence electrons. The first-order chi connectivity index (χ1) is 9.34. The fourth-order valence-electron chi connectivity index (χ4n) is 1.81. The number of thiazole rings is 1. The predicted octanol–water partition coefficient (Wildman–Crippen LogP) is 3.68. The topological polar surface area (TPSA) is 33.1 Å². The molecule has 0 bridgehead atoms. The van der Waals surface area contributed by atoms with Crippen LogP contribution in [-0.4, -0.2) is 16.2 Å². The van der Waals surface area contributed by atoms with Crippen molar-refractivity contribution < 1.29 is 18.3 Å². The molecule has 6 heteroatoms. The SMILES string of the molecule is CC(O)Cc1csc(Cc2ccc(C(F)(F)F)cc2)n1. The number of alkyl halides is 3. The van der Waals surface area contributed by atoms with Gasteiger partial charge in [-0.05, 0) is 24.6 Å². The van der Waals surface area contributed by atoms with Gasteiger partial charge in [-0.3, -0.25) is 0 Å². The monoisotopic (exact) mass is 301 g/mol. The number of hydrogen-bond acceptors (Lipinski definition) is 3. The van der Waals surface area contributed by atoms with Crippen LogP contribution in [0.5, 0.6) is 0 Å². The van der Waals surface area contributed by atoms with Gasteiger partial charge >= 0.3 is 6.18 Å². The van der Waals surface area contributed by atoms with E-state index < -0.39 is 17.8 Å². The first kappa shape index (κ1) is 15.0. The van der Waals surface area contributed by atoms with E-state index in [1.807, 2.05) is 5.38 Å². The van der Waals surface area contributed by atoms with Crippen molar-refractivity contribution in [1.82, 2.24) is 4.98 Å². The van der Waals surface area contributed by atoms with Gasteiger partial charge in [0.2, 0.25) is 0 Å². The van der Waals surface area contributed by atoms with E-state index in [1.165, 1.54) is 23.5 Å². The molecule has 0 aliphatic heterocycles. The Morgan fingerprint density at radius 3 is 2.45 bits per heavy atom. The van der Waals surface area contributed by atoms with E-state index in [4.69, 9.17) is 0 Å². The molecule has 0 saturated heterocycles. The van der Waals surface area contributed by atoms with E-state index in [-0.39, 0.29) is 0 Å². The fourth-order valence-corrected chi connectivity index (χ4v) is 2.65. The normalized spacial score (nSPS) is 13.4. The quantitative estimate of drug-likeness (QED) is 0.934. The largest absolute Gasteiger partial charge is 0.416 e. The van der Waals surface area contributed by atoms with Crippen molar-refractivity contribution in [3.8, 4) is 0 Å². The third-order valence-electron chi connectivity index (χ3n) is 2.74. The Morgan fingerprint density at radius 2 is 1.90 bits per heavy atom. The zero-order valence-electron chi connectivity index (χ0n) is 10.8. The van der Waals surface area contributed by atoms with Gasteiger partial charge < -0.3 is 5.11 Å². The van der Waals surface area contributed by atoms with Crippen LogP contribution in [0.2, 0.25) is 0 Å². The van der Waals surface area contributed by atoms with Crippen molar-refractivity contribution in [3.63, 3.8) is 0 Å². The summed E-state index contributed by atoms with van der Waals surface area (Å²) >= 11 is 1.45. The van der Waals surface area contributed by atoms with Gasteiger partial charge in [0.15, 0.2) is 0 Å². The first-order valence-electron chi connectivity index (χ1n) is 6.12. The molecule has 1 heterocycles. The second-order valence-corrected chi connectivity index (χ2v) is 5.60. The minimum atomic E-state index is -4.30. The van der Waals surface area contributed by atoms with Gasteiger partial charge in [0.25, 0.3) is 0 Å². The van der Waals surface area contributed by atoms with Crippen LogP contribution < -0.4 is 0 Å². The molecule has 1 aromatic carbocycles. The summed E-state index contributed by atoms with van der Waals surface area (Å²) in [5.41, 5.74) is 0.957. The molecule has 0 saturated carbocycles. The van der Waals surface area contributed by atoms with E-state index in [0.29, 0.717) is 12.8 Å². The van der Waals surface area contributed by atoms with Crippen LogP contribution in [0, 0.1) is 0 Å². The smallest absolute Gasteiger partial charge is 0.393 e. The summed E-state index contributed by atoms with van der Waals surface area (Å²) in [6.45, 7) is 1.69. The van der Waals surface area contributed by atoms with Crippen LogP contribution in [0.15, 0.2) is 29.6 Å². The summed E-state index contributed by atoms with van der Waals surface area (Å²) in [6.07, 6.45) is -3.76. The van der Waals surface area contributed by atoms with Crippen LogP contribution in [0.3, 0.4) is 0 Å². The molecule has 2 aromatic rings. The first-order valence-corrected chi connectivity index (χ1v) is 7.00. The van der Waals surface area contributed by atoms with E-state index in [9.17, 15) is 18.3 Å². The van der Waals surface area contributed by atoms with Crippen molar-refractivity contribution in [1.29, 1.82) is 0 Å². The molecule has 0 aliphatic rings. The third kappa shape index (κ3) is 4.05. The third-order valence-corrected chi connectivity index (χ3v) is 3.64. The Labute approximate surface area is 118 Å². The molecule has 0 spiro atoms. The fraction of sp³-hybridized carbons (Fsp3) is 0.357. The number of rotatable bonds is 4. The lowest BCUT2D eigenvalue weighted by Gasteiger charge is -2.06. The van der Waals surface area contributed by atoms with E-state index in [2.05, 4.69) is 4.98 Å². The highest BCUT2D eigenvalue weighted by Crippen LogP contribution is 2.29. The molecule has 1 unspecified atom stereocenters. The molecule has 0 amide bonds. The molecular weight excluding hydrogens is 287 g/mol. The maximum atomic E-state index is 12.4. The second kappa shape index (κ2) is 5.93. The van der Waals surface area contributed by atoms with Gasteiger partial charge in [-0.25, -0.2) is 4.98 Å². The average molecular weight is 301 g/mol. The van der Waals surface area contributed by atoms with Gasteiger partial charge in [-0.15, -0.1) is 11.3 Å². The van der Waals surface area contributed by atoms with Gasteiger partial charge in [0.05, 0.1) is 22.4 Å². The Bertz CT molecular complexity index is 561. The highest BCUT2D eigenvalue weighted by atomic mass is 32.1. The van der Waals surface area contributed by atoms with Crippen molar-refractivity contribution in [3.05, 3.63) is 51.5 Å². The Kier molecular flexibility index (Phi) is 4.45.